The van der Waals surface area contributed by atoms with E-state index < -0.39 is 11.5 Å². The first kappa shape index (κ1) is 13.2. The Kier molecular flexibility index (Phi) is 4.26. The highest BCUT2D eigenvalue weighted by Gasteiger charge is 2.34. The molecule has 0 aliphatic rings. The zero-order valence-electron chi connectivity index (χ0n) is 10.1. The molecule has 0 heterocycles. The molecule has 1 rings (SSSR count). The second-order valence-electron chi connectivity index (χ2n) is 4.14. The zero-order chi connectivity index (χ0) is 12.9. The van der Waals surface area contributed by atoms with Gasteiger partial charge in [0.05, 0.1) is 0 Å². The fraction of sp³-hybridized carbons (Fsp3) is 0.385. The van der Waals surface area contributed by atoms with Crippen molar-refractivity contribution < 1.29 is 14.7 Å². The number of rotatable bonds is 6. The van der Waals surface area contributed by atoms with Crippen molar-refractivity contribution in [3.05, 3.63) is 35.4 Å². The molecule has 1 aromatic rings. The lowest BCUT2D eigenvalue weighted by atomic mass is 9.91. The van der Waals surface area contributed by atoms with Crippen molar-refractivity contribution in [2.45, 2.75) is 32.2 Å². The molecule has 1 unspecified atom stereocenters. The summed E-state index contributed by atoms with van der Waals surface area (Å²) in [6, 6.07) is 7.28. The van der Waals surface area contributed by atoms with Gasteiger partial charge in [-0.2, -0.15) is 0 Å². The molecule has 0 saturated heterocycles. The normalized spacial score (nSPS) is 13.8. The Balaban J connectivity index is 3.03. The number of benzene rings is 1. The highest BCUT2D eigenvalue weighted by atomic mass is 16.4. The Bertz CT molecular complexity index is 400. The van der Waals surface area contributed by atoms with Gasteiger partial charge in [0.25, 0.3) is 0 Å². The van der Waals surface area contributed by atoms with Gasteiger partial charge in [-0.05, 0) is 24.5 Å². The van der Waals surface area contributed by atoms with E-state index in [0.717, 1.165) is 18.4 Å². The third-order valence-electron chi connectivity index (χ3n) is 2.85. The molecule has 0 fully saturated rings. The number of nitrogens with one attached hydrogen (secondary N) is 1. The third-order valence-corrected chi connectivity index (χ3v) is 2.85. The molecule has 4 nitrogen and oxygen atoms in total. The first-order valence-electron chi connectivity index (χ1n) is 5.58. The largest absolute Gasteiger partial charge is 0.479 e. The van der Waals surface area contributed by atoms with Crippen molar-refractivity contribution >= 4 is 12.4 Å². The Labute approximate surface area is 101 Å². The van der Waals surface area contributed by atoms with Gasteiger partial charge in [0.2, 0.25) is 6.41 Å². The van der Waals surface area contributed by atoms with Gasteiger partial charge in [0, 0.05) is 0 Å². The second kappa shape index (κ2) is 5.48. The number of aliphatic carboxylic acids is 1. The molecule has 0 aliphatic carbocycles. The Hall–Kier alpha value is -1.84. The van der Waals surface area contributed by atoms with Gasteiger partial charge in [-0.1, -0.05) is 37.6 Å². The summed E-state index contributed by atoms with van der Waals surface area (Å²) in [4.78, 5) is 21.7. The van der Waals surface area contributed by atoms with Crippen LogP contribution in [-0.2, 0) is 21.5 Å². The standard InChI is InChI=1S/C13H17NO3/c1-3-4-10-5-7-11(8-6-10)13(2,12(16)17)14-9-15/h5-9H,3-4H2,1-2H3,(H,14,15)(H,16,17). The summed E-state index contributed by atoms with van der Waals surface area (Å²) in [5.74, 6) is -1.08. The minimum atomic E-state index is -1.37. The molecule has 0 bridgehead atoms. The number of carbonyl (C=O) groups is 2. The minimum Gasteiger partial charge on any atom is -0.479 e. The molecule has 0 aromatic heterocycles. The predicted molar refractivity (Wildman–Crippen MR) is 64.6 cm³/mol. The van der Waals surface area contributed by atoms with E-state index in [4.69, 9.17) is 5.11 Å². The zero-order valence-corrected chi connectivity index (χ0v) is 10.1. The second-order valence-corrected chi connectivity index (χ2v) is 4.14. The van der Waals surface area contributed by atoms with Crippen LogP contribution in [0.25, 0.3) is 0 Å². The molecule has 1 aromatic carbocycles. The van der Waals surface area contributed by atoms with Crippen LogP contribution in [0.2, 0.25) is 0 Å². The summed E-state index contributed by atoms with van der Waals surface area (Å²) in [6.07, 6.45) is 2.42. The van der Waals surface area contributed by atoms with E-state index in [-0.39, 0.29) is 0 Å². The molecule has 1 amide bonds. The summed E-state index contributed by atoms with van der Waals surface area (Å²) in [6.45, 7) is 3.56. The maximum Gasteiger partial charge on any atom is 0.333 e. The number of hydrogen-bond acceptors (Lipinski definition) is 2. The number of amides is 1. The highest BCUT2D eigenvalue weighted by Crippen LogP contribution is 2.21. The van der Waals surface area contributed by atoms with Crippen LogP contribution in [0.3, 0.4) is 0 Å². The molecule has 0 radical (unpaired) electrons. The molecular weight excluding hydrogens is 218 g/mol. The number of aryl methyl sites for hydroxylation is 1. The van der Waals surface area contributed by atoms with Crippen LogP contribution in [0.1, 0.15) is 31.4 Å². The van der Waals surface area contributed by atoms with E-state index >= 15 is 0 Å². The first-order valence-corrected chi connectivity index (χ1v) is 5.58. The maximum atomic E-state index is 11.2. The average molecular weight is 235 g/mol. The molecule has 1 atom stereocenters. The van der Waals surface area contributed by atoms with Crippen molar-refractivity contribution in [1.82, 2.24) is 5.32 Å². The molecular formula is C13H17NO3. The minimum absolute atomic E-state index is 0.411. The summed E-state index contributed by atoms with van der Waals surface area (Å²) >= 11 is 0. The van der Waals surface area contributed by atoms with E-state index in [1.54, 1.807) is 12.1 Å². The lowest BCUT2D eigenvalue weighted by Crippen LogP contribution is -2.45. The van der Waals surface area contributed by atoms with Crippen LogP contribution in [0, 0.1) is 0 Å². The average Bonchev–Trinajstić information content (AvgIpc) is 2.30. The number of carboxylic acids is 1. The van der Waals surface area contributed by atoms with Gasteiger partial charge < -0.3 is 10.4 Å². The highest BCUT2D eigenvalue weighted by molar-refractivity contribution is 5.82. The van der Waals surface area contributed by atoms with Gasteiger partial charge in [-0.3, -0.25) is 4.79 Å². The van der Waals surface area contributed by atoms with Crippen LogP contribution < -0.4 is 5.32 Å². The SMILES string of the molecule is CCCc1ccc(C(C)(NC=O)C(=O)O)cc1. The number of hydrogen-bond donors (Lipinski definition) is 2. The van der Waals surface area contributed by atoms with E-state index in [9.17, 15) is 9.59 Å². The van der Waals surface area contributed by atoms with Crippen molar-refractivity contribution in [2.24, 2.45) is 0 Å². The van der Waals surface area contributed by atoms with Crippen LogP contribution in [-0.4, -0.2) is 17.5 Å². The molecule has 0 spiro atoms. The van der Waals surface area contributed by atoms with Gasteiger partial charge in [0.15, 0.2) is 5.54 Å². The van der Waals surface area contributed by atoms with Gasteiger partial charge in [0.1, 0.15) is 0 Å². The van der Waals surface area contributed by atoms with Crippen LogP contribution >= 0.6 is 0 Å². The smallest absolute Gasteiger partial charge is 0.333 e. The monoisotopic (exact) mass is 235 g/mol. The van der Waals surface area contributed by atoms with Gasteiger partial charge in [-0.15, -0.1) is 0 Å². The van der Waals surface area contributed by atoms with E-state index in [2.05, 4.69) is 12.2 Å². The van der Waals surface area contributed by atoms with E-state index in [1.165, 1.54) is 6.92 Å². The van der Waals surface area contributed by atoms with Crippen molar-refractivity contribution in [1.29, 1.82) is 0 Å². The summed E-state index contributed by atoms with van der Waals surface area (Å²) < 4.78 is 0. The molecule has 92 valence electrons. The van der Waals surface area contributed by atoms with Crippen molar-refractivity contribution in [2.75, 3.05) is 0 Å². The Morgan fingerprint density at radius 3 is 2.41 bits per heavy atom. The molecule has 0 aliphatic heterocycles. The van der Waals surface area contributed by atoms with E-state index in [1.807, 2.05) is 12.1 Å². The Morgan fingerprint density at radius 2 is 2.00 bits per heavy atom. The maximum absolute atomic E-state index is 11.2. The predicted octanol–water partition coefficient (Wildman–Crippen LogP) is 1.68. The molecule has 17 heavy (non-hydrogen) atoms. The van der Waals surface area contributed by atoms with Crippen molar-refractivity contribution in [3.63, 3.8) is 0 Å². The summed E-state index contributed by atoms with van der Waals surface area (Å²) in [7, 11) is 0. The molecule has 4 heteroatoms. The van der Waals surface area contributed by atoms with Gasteiger partial charge in [-0.25, -0.2) is 4.79 Å². The van der Waals surface area contributed by atoms with Crippen LogP contribution in [0.5, 0.6) is 0 Å². The lowest BCUT2D eigenvalue weighted by Gasteiger charge is -2.24. The van der Waals surface area contributed by atoms with Gasteiger partial charge >= 0.3 is 5.97 Å². The first-order chi connectivity index (χ1) is 8.04. The Morgan fingerprint density at radius 1 is 1.41 bits per heavy atom. The number of carboxylic acid groups (broad SMARTS) is 1. The summed E-state index contributed by atoms with van der Waals surface area (Å²) in [5, 5.41) is 11.5. The van der Waals surface area contributed by atoms with Crippen LogP contribution in [0.15, 0.2) is 24.3 Å². The molecule has 2 N–H and O–H groups in total. The van der Waals surface area contributed by atoms with E-state index in [0.29, 0.717) is 12.0 Å². The van der Waals surface area contributed by atoms with Crippen molar-refractivity contribution in [3.8, 4) is 0 Å². The fourth-order valence-electron chi connectivity index (χ4n) is 1.68. The quantitative estimate of drug-likeness (QED) is 0.737. The topological polar surface area (TPSA) is 66.4 Å². The molecule has 0 saturated carbocycles. The fourth-order valence-corrected chi connectivity index (χ4v) is 1.68. The summed E-state index contributed by atoms with van der Waals surface area (Å²) in [5.41, 5.74) is 0.360. The number of carbonyl (C=O) groups excluding carboxylic acids is 1. The lowest BCUT2D eigenvalue weighted by molar-refractivity contribution is -0.145. The van der Waals surface area contributed by atoms with Crippen LogP contribution in [0.4, 0.5) is 0 Å². The third kappa shape index (κ3) is 2.84.